The molecule has 18 heavy (non-hydrogen) atoms. The van der Waals surface area contributed by atoms with Gasteiger partial charge in [-0.1, -0.05) is 36.4 Å². The highest BCUT2D eigenvalue weighted by atomic mass is 14.8. The third-order valence-corrected chi connectivity index (χ3v) is 3.16. The van der Waals surface area contributed by atoms with Crippen molar-refractivity contribution < 1.29 is 0 Å². The van der Waals surface area contributed by atoms with Gasteiger partial charge in [-0.15, -0.1) is 0 Å². The number of hydrogen-bond donors (Lipinski definition) is 0. The molecule has 0 N–H and O–H groups in total. The lowest BCUT2D eigenvalue weighted by Crippen LogP contribution is -2.02. The van der Waals surface area contributed by atoms with Gasteiger partial charge in [0.15, 0.2) is 0 Å². The average molecular weight is 234 g/mol. The third kappa shape index (κ3) is 1.76. The minimum atomic E-state index is 0.991. The van der Waals surface area contributed by atoms with Gasteiger partial charge < -0.3 is 0 Å². The van der Waals surface area contributed by atoms with E-state index in [1.54, 1.807) is 0 Å². The zero-order valence-electron chi connectivity index (χ0n) is 10.5. The van der Waals surface area contributed by atoms with Crippen LogP contribution in [0.2, 0.25) is 0 Å². The average Bonchev–Trinajstić information content (AvgIpc) is 2.38. The van der Waals surface area contributed by atoms with Gasteiger partial charge in [-0.25, -0.2) is 0 Å². The van der Waals surface area contributed by atoms with Crippen molar-refractivity contribution in [3.8, 4) is 0 Å². The van der Waals surface area contributed by atoms with Gasteiger partial charge in [0.25, 0.3) is 0 Å². The summed E-state index contributed by atoms with van der Waals surface area (Å²) in [5.74, 6) is 0. The molecule has 0 amide bonds. The lowest BCUT2D eigenvalue weighted by molar-refractivity contribution is 1.39. The molecular weight excluding hydrogens is 220 g/mol. The van der Waals surface area contributed by atoms with Crippen molar-refractivity contribution in [3.63, 3.8) is 0 Å². The topological polar surface area (TPSA) is 24.7 Å². The minimum absolute atomic E-state index is 0.991. The smallest absolute Gasteiger partial charge is 0.0723 e. The third-order valence-electron chi connectivity index (χ3n) is 3.16. The first-order valence-corrected chi connectivity index (χ1v) is 6.05. The molecule has 88 valence electrons. The summed E-state index contributed by atoms with van der Waals surface area (Å²) in [6, 6.07) is 16.3. The Morgan fingerprint density at radius 2 is 1.00 bits per heavy atom. The summed E-state index contributed by atoms with van der Waals surface area (Å²) in [5, 5.41) is 0. The summed E-state index contributed by atoms with van der Waals surface area (Å²) in [6.45, 7) is 4.07. The highest BCUT2D eigenvalue weighted by molar-refractivity contribution is 6.11. The maximum absolute atomic E-state index is 4.73. The summed E-state index contributed by atoms with van der Waals surface area (Å²) in [5.41, 5.74) is 6.21. The molecule has 0 bridgehead atoms. The summed E-state index contributed by atoms with van der Waals surface area (Å²) >= 11 is 0. The number of para-hydroxylation sites is 2. The molecule has 0 unspecified atom stereocenters. The van der Waals surface area contributed by atoms with Crippen molar-refractivity contribution in [1.82, 2.24) is 0 Å². The van der Waals surface area contributed by atoms with Crippen molar-refractivity contribution in [2.45, 2.75) is 13.8 Å². The Labute approximate surface area is 107 Å². The zero-order valence-corrected chi connectivity index (χ0v) is 10.5. The second-order valence-electron chi connectivity index (χ2n) is 4.43. The molecule has 2 heteroatoms. The fourth-order valence-electron chi connectivity index (χ4n) is 2.24. The summed E-state index contributed by atoms with van der Waals surface area (Å²) in [4.78, 5) is 9.45. The van der Waals surface area contributed by atoms with E-state index in [4.69, 9.17) is 9.98 Å². The molecule has 1 aliphatic rings. The molecule has 3 rings (SSSR count). The fraction of sp³-hybridized carbons (Fsp3) is 0.125. The first kappa shape index (κ1) is 10.9. The van der Waals surface area contributed by atoms with E-state index in [9.17, 15) is 0 Å². The Morgan fingerprint density at radius 3 is 1.44 bits per heavy atom. The van der Waals surface area contributed by atoms with Crippen molar-refractivity contribution in [2.24, 2.45) is 9.98 Å². The lowest BCUT2D eigenvalue weighted by atomic mass is 10.0. The standard InChI is InChI=1S/C16H14N2/c1-11-13-7-3-5-9-15(13)18-12(2)14-8-4-6-10-16(14)17-11/h3-10H,1-2H3/b13-11?,14-12?,17-11-,17-16?,18-12-,18-15?. The van der Waals surface area contributed by atoms with Crippen LogP contribution in [0.5, 0.6) is 0 Å². The van der Waals surface area contributed by atoms with Crippen LogP contribution in [0.25, 0.3) is 0 Å². The molecule has 0 aliphatic carbocycles. The van der Waals surface area contributed by atoms with E-state index in [0.717, 1.165) is 33.9 Å². The first-order chi connectivity index (χ1) is 8.75. The maximum Gasteiger partial charge on any atom is 0.0723 e. The molecule has 0 atom stereocenters. The molecule has 1 aliphatic heterocycles. The predicted octanol–water partition coefficient (Wildman–Crippen LogP) is 4.28. The summed E-state index contributed by atoms with van der Waals surface area (Å²) in [7, 11) is 0. The van der Waals surface area contributed by atoms with E-state index < -0.39 is 0 Å². The second kappa shape index (κ2) is 4.22. The van der Waals surface area contributed by atoms with Crippen LogP contribution >= 0.6 is 0 Å². The van der Waals surface area contributed by atoms with Gasteiger partial charge in [0, 0.05) is 22.6 Å². The number of nitrogens with zero attached hydrogens (tertiary/aromatic N) is 2. The number of hydrogen-bond acceptors (Lipinski definition) is 2. The molecule has 0 spiro atoms. The molecule has 1 heterocycles. The largest absolute Gasteiger partial charge is 0.252 e. The Kier molecular flexibility index (Phi) is 2.56. The van der Waals surface area contributed by atoms with E-state index in [0.29, 0.717) is 0 Å². The van der Waals surface area contributed by atoms with Gasteiger partial charge >= 0.3 is 0 Å². The van der Waals surface area contributed by atoms with E-state index in [1.807, 2.05) is 50.2 Å². The Hall–Kier alpha value is -2.22. The maximum atomic E-state index is 4.73. The molecule has 0 radical (unpaired) electrons. The quantitative estimate of drug-likeness (QED) is 0.650. The van der Waals surface area contributed by atoms with E-state index in [-0.39, 0.29) is 0 Å². The highest BCUT2D eigenvalue weighted by Crippen LogP contribution is 2.28. The van der Waals surface area contributed by atoms with Crippen LogP contribution < -0.4 is 0 Å². The predicted molar refractivity (Wildman–Crippen MR) is 76.6 cm³/mol. The van der Waals surface area contributed by atoms with Gasteiger partial charge in [0.2, 0.25) is 0 Å². The zero-order chi connectivity index (χ0) is 12.5. The van der Waals surface area contributed by atoms with Crippen molar-refractivity contribution in [3.05, 3.63) is 59.7 Å². The van der Waals surface area contributed by atoms with Gasteiger partial charge in [0.05, 0.1) is 11.4 Å². The number of rotatable bonds is 0. The van der Waals surface area contributed by atoms with Crippen molar-refractivity contribution in [1.29, 1.82) is 0 Å². The summed E-state index contributed by atoms with van der Waals surface area (Å²) in [6.07, 6.45) is 0. The molecule has 2 aromatic rings. The minimum Gasteiger partial charge on any atom is -0.252 e. The van der Waals surface area contributed by atoms with Crippen molar-refractivity contribution >= 4 is 22.8 Å². The number of benzene rings is 2. The monoisotopic (exact) mass is 234 g/mol. The summed E-state index contributed by atoms with van der Waals surface area (Å²) < 4.78 is 0. The van der Waals surface area contributed by atoms with Gasteiger partial charge in [-0.3, -0.25) is 9.98 Å². The Bertz CT molecular complexity index is 607. The van der Waals surface area contributed by atoms with Gasteiger partial charge in [-0.2, -0.15) is 0 Å². The van der Waals surface area contributed by atoms with E-state index >= 15 is 0 Å². The van der Waals surface area contributed by atoms with E-state index in [2.05, 4.69) is 12.1 Å². The molecule has 0 aromatic heterocycles. The number of aliphatic imine (C=N–C) groups is 2. The normalized spacial score (nSPS) is 19.4. The second-order valence-corrected chi connectivity index (χ2v) is 4.43. The SMILES string of the molecule is C/C1=N/c2ccccc2/C(C)=N\c2ccccc21. The van der Waals surface area contributed by atoms with Crippen LogP contribution in [0.4, 0.5) is 11.4 Å². The van der Waals surface area contributed by atoms with Crippen LogP contribution in [-0.4, -0.2) is 11.4 Å². The van der Waals surface area contributed by atoms with Crippen LogP contribution in [0, 0.1) is 0 Å². The van der Waals surface area contributed by atoms with Crippen LogP contribution in [0.3, 0.4) is 0 Å². The van der Waals surface area contributed by atoms with Crippen LogP contribution in [0.15, 0.2) is 58.5 Å². The first-order valence-electron chi connectivity index (χ1n) is 6.05. The molecular formula is C16H14N2. The molecule has 0 saturated heterocycles. The fourth-order valence-corrected chi connectivity index (χ4v) is 2.24. The van der Waals surface area contributed by atoms with Crippen molar-refractivity contribution in [2.75, 3.05) is 0 Å². The van der Waals surface area contributed by atoms with Gasteiger partial charge in [0.1, 0.15) is 0 Å². The van der Waals surface area contributed by atoms with Crippen LogP contribution in [-0.2, 0) is 0 Å². The molecule has 2 nitrogen and oxygen atoms in total. The van der Waals surface area contributed by atoms with Gasteiger partial charge in [-0.05, 0) is 26.0 Å². The number of fused-ring (bicyclic) bond motifs is 2. The highest BCUT2D eigenvalue weighted by Gasteiger charge is 2.11. The molecule has 0 fully saturated rings. The van der Waals surface area contributed by atoms with Crippen LogP contribution in [0.1, 0.15) is 25.0 Å². The molecule has 0 saturated carbocycles. The lowest BCUT2D eigenvalue weighted by Gasteiger charge is -2.13. The Morgan fingerprint density at radius 1 is 0.611 bits per heavy atom. The molecule has 2 aromatic carbocycles. The van der Waals surface area contributed by atoms with E-state index in [1.165, 1.54) is 0 Å². The Balaban J connectivity index is 2.31.